The fourth-order valence-corrected chi connectivity index (χ4v) is 1.50. The molecule has 0 spiro atoms. The van der Waals surface area contributed by atoms with Crippen molar-refractivity contribution in [2.24, 2.45) is 11.7 Å². The van der Waals surface area contributed by atoms with Gasteiger partial charge in [-0.25, -0.2) is 0 Å². The second kappa shape index (κ2) is 6.95. The molecule has 1 heterocycles. The number of nitrogens with zero attached hydrogens (tertiary/aromatic N) is 3. The van der Waals surface area contributed by atoms with Crippen molar-refractivity contribution in [3.63, 3.8) is 0 Å². The Morgan fingerprint density at radius 2 is 1.67 bits per heavy atom. The number of methoxy groups -OCH3 is 2. The lowest BCUT2D eigenvalue weighted by Crippen LogP contribution is -2.29. The average molecular weight is 255 g/mol. The summed E-state index contributed by atoms with van der Waals surface area (Å²) in [5.74, 6) is 0.855. The quantitative estimate of drug-likeness (QED) is 0.739. The normalized spacial score (nSPS) is 12.3. The van der Waals surface area contributed by atoms with Gasteiger partial charge < -0.3 is 20.5 Å². The molecule has 0 fully saturated rings. The van der Waals surface area contributed by atoms with Gasteiger partial charge in [-0.15, -0.1) is 4.98 Å². The van der Waals surface area contributed by atoms with Crippen LogP contribution in [0.3, 0.4) is 0 Å². The number of hydrogen-bond donors (Lipinski definition) is 2. The fourth-order valence-electron chi connectivity index (χ4n) is 1.50. The number of nitrogens with two attached hydrogens (primary N) is 1. The van der Waals surface area contributed by atoms with Crippen LogP contribution in [-0.2, 0) is 0 Å². The Hall–Kier alpha value is -1.63. The molecule has 1 unspecified atom stereocenters. The highest BCUT2D eigenvalue weighted by Gasteiger charge is 2.15. The Labute approximate surface area is 107 Å². The molecule has 1 atom stereocenters. The molecule has 7 nitrogen and oxygen atoms in total. The largest absolute Gasteiger partial charge is 0.467 e. The van der Waals surface area contributed by atoms with Crippen molar-refractivity contribution in [1.82, 2.24) is 15.0 Å². The number of nitrogens with one attached hydrogen (secondary N) is 1. The van der Waals surface area contributed by atoms with E-state index < -0.39 is 0 Å². The van der Waals surface area contributed by atoms with E-state index in [9.17, 15) is 0 Å². The van der Waals surface area contributed by atoms with E-state index in [0.29, 0.717) is 18.4 Å². The number of rotatable bonds is 7. The van der Waals surface area contributed by atoms with Crippen LogP contribution in [0.4, 0.5) is 5.95 Å². The third kappa shape index (κ3) is 3.99. The topological polar surface area (TPSA) is 95.2 Å². The smallest absolute Gasteiger partial charge is 0.324 e. The van der Waals surface area contributed by atoms with Crippen LogP contribution in [0.2, 0.25) is 0 Å². The molecule has 0 aliphatic heterocycles. The van der Waals surface area contributed by atoms with Crippen LogP contribution in [0.1, 0.15) is 20.3 Å². The van der Waals surface area contributed by atoms with Crippen LogP contribution in [-0.4, -0.2) is 41.8 Å². The third-order valence-corrected chi connectivity index (χ3v) is 2.56. The Bertz CT molecular complexity index is 350. The predicted octanol–water partition coefficient (Wildman–Crippen LogP) is 0.674. The molecule has 0 aromatic carbocycles. The van der Waals surface area contributed by atoms with Gasteiger partial charge in [0.25, 0.3) is 0 Å². The summed E-state index contributed by atoms with van der Waals surface area (Å²) in [6, 6.07) is 0.644. The first-order valence-corrected chi connectivity index (χ1v) is 5.91. The first kappa shape index (κ1) is 14.4. The minimum absolute atomic E-state index is 0.201. The predicted molar refractivity (Wildman–Crippen MR) is 68.9 cm³/mol. The molecule has 0 amide bonds. The lowest BCUT2D eigenvalue weighted by atomic mass is 10.0. The Morgan fingerprint density at radius 1 is 1.11 bits per heavy atom. The summed E-state index contributed by atoms with van der Waals surface area (Å²) >= 11 is 0. The number of aromatic nitrogens is 3. The summed E-state index contributed by atoms with van der Waals surface area (Å²) in [5.41, 5.74) is 5.59. The zero-order valence-electron chi connectivity index (χ0n) is 11.3. The average Bonchev–Trinajstić information content (AvgIpc) is 2.37. The van der Waals surface area contributed by atoms with Gasteiger partial charge in [0.1, 0.15) is 0 Å². The summed E-state index contributed by atoms with van der Waals surface area (Å²) in [6.45, 7) is 4.83. The van der Waals surface area contributed by atoms with Crippen molar-refractivity contribution in [3.05, 3.63) is 0 Å². The van der Waals surface area contributed by atoms with Crippen LogP contribution in [0.25, 0.3) is 0 Å². The highest BCUT2D eigenvalue weighted by atomic mass is 16.5. The van der Waals surface area contributed by atoms with E-state index in [4.69, 9.17) is 15.2 Å². The molecule has 0 aliphatic carbocycles. The van der Waals surface area contributed by atoms with Gasteiger partial charge in [0.2, 0.25) is 5.95 Å². The van der Waals surface area contributed by atoms with Crippen molar-refractivity contribution >= 4 is 5.95 Å². The summed E-state index contributed by atoms with van der Waals surface area (Å²) in [6.07, 6.45) is 0.841. The van der Waals surface area contributed by atoms with Crippen molar-refractivity contribution in [3.8, 4) is 12.0 Å². The summed E-state index contributed by atoms with van der Waals surface area (Å²) in [7, 11) is 3.00. The van der Waals surface area contributed by atoms with Crippen molar-refractivity contribution < 1.29 is 9.47 Å². The molecular weight excluding hydrogens is 234 g/mol. The zero-order chi connectivity index (χ0) is 13.5. The third-order valence-electron chi connectivity index (χ3n) is 2.56. The van der Waals surface area contributed by atoms with E-state index in [1.807, 2.05) is 0 Å². The van der Waals surface area contributed by atoms with Crippen LogP contribution in [0.5, 0.6) is 12.0 Å². The van der Waals surface area contributed by atoms with E-state index >= 15 is 0 Å². The van der Waals surface area contributed by atoms with Gasteiger partial charge in [-0.3, -0.25) is 0 Å². The molecule has 0 bridgehead atoms. The van der Waals surface area contributed by atoms with E-state index in [1.54, 1.807) is 0 Å². The molecule has 1 aromatic heterocycles. The standard InChI is InChI=1S/C11H21N5O2/c1-7(2)8(5-6-12)13-9-14-10(17-3)16-11(15-9)18-4/h7-8H,5-6,12H2,1-4H3,(H,13,14,15,16). The van der Waals surface area contributed by atoms with E-state index in [1.165, 1.54) is 14.2 Å². The SMILES string of the molecule is COc1nc(NC(CCN)C(C)C)nc(OC)n1. The van der Waals surface area contributed by atoms with E-state index in [0.717, 1.165) is 6.42 Å². The minimum Gasteiger partial charge on any atom is -0.467 e. The van der Waals surface area contributed by atoms with E-state index in [-0.39, 0.29) is 18.1 Å². The number of anilines is 1. The molecule has 102 valence electrons. The lowest BCUT2D eigenvalue weighted by Gasteiger charge is -2.21. The van der Waals surface area contributed by atoms with Gasteiger partial charge in [-0.1, -0.05) is 13.8 Å². The van der Waals surface area contributed by atoms with Gasteiger partial charge in [-0.05, 0) is 18.9 Å². The second-order valence-corrected chi connectivity index (χ2v) is 4.20. The van der Waals surface area contributed by atoms with Crippen LogP contribution in [0, 0.1) is 5.92 Å². The Morgan fingerprint density at radius 3 is 2.06 bits per heavy atom. The monoisotopic (exact) mass is 255 g/mol. The molecule has 0 aliphatic rings. The number of hydrogen-bond acceptors (Lipinski definition) is 7. The maximum Gasteiger partial charge on any atom is 0.324 e. The van der Waals surface area contributed by atoms with Crippen LogP contribution >= 0.6 is 0 Å². The molecule has 3 N–H and O–H groups in total. The van der Waals surface area contributed by atoms with Gasteiger partial charge >= 0.3 is 12.0 Å². The molecule has 0 saturated carbocycles. The molecule has 0 radical (unpaired) electrons. The maximum atomic E-state index is 5.59. The molecule has 7 heteroatoms. The maximum absolute atomic E-state index is 5.59. The summed E-state index contributed by atoms with van der Waals surface area (Å²) in [4.78, 5) is 12.2. The Balaban J connectivity index is 2.87. The molecular formula is C11H21N5O2. The fraction of sp³-hybridized carbons (Fsp3) is 0.727. The lowest BCUT2D eigenvalue weighted by molar-refractivity contribution is 0.340. The molecule has 1 rings (SSSR count). The second-order valence-electron chi connectivity index (χ2n) is 4.20. The van der Waals surface area contributed by atoms with Crippen molar-refractivity contribution in [1.29, 1.82) is 0 Å². The minimum atomic E-state index is 0.201. The zero-order valence-corrected chi connectivity index (χ0v) is 11.3. The highest BCUT2D eigenvalue weighted by molar-refractivity contribution is 5.29. The Kier molecular flexibility index (Phi) is 5.57. The van der Waals surface area contributed by atoms with E-state index in [2.05, 4.69) is 34.1 Å². The molecule has 0 saturated heterocycles. The van der Waals surface area contributed by atoms with Gasteiger partial charge in [0, 0.05) is 6.04 Å². The van der Waals surface area contributed by atoms with Crippen LogP contribution in [0.15, 0.2) is 0 Å². The van der Waals surface area contributed by atoms with Gasteiger partial charge in [-0.2, -0.15) is 9.97 Å². The van der Waals surface area contributed by atoms with Gasteiger partial charge in [0.15, 0.2) is 0 Å². The first-order chi connectivity index (χ1) is 8.60. The number of ether oxygens (including phenoxy) is 2. The molecule has 1 aromatic rings. The van der Waals surface area contributed by atoms with Gasteiger partial charge in [0.05, 0.1) is 14.2 Å². The highest BCUT2D eigenvalue weighted by Crippen LogP contribution is 2.16. The summed E-state index contributed by atoms with van der Waals surface area (Å²) in [5, 5.41) is 3.23. The summed E-state index contributed by atoms with van der Waals surface area (Å²) < 4.78 is 9.98. The van der Waals surface area contributed by atoms with Crippen LogP contribution < -0.4 is 20.5 Å². The first-order valence-electron chi connectivity index (χ1n) is 5.91. The van der Waals surface area contributed by atoms with Crippen molar-refractivity contribution in [2.45, 2.75) is 26.3 Å². The molecule has 18 heavy (non-hydrogen) atoms. The van der Waals surface area contributed by atoms with Crippen molar-refractivity contribution in [2.75, 3.05) is 26.1 Å².